The first-order valence-corrected chi connectivity index (χ1v) is 6.59. The van der Waals surface area contributed by atoms with Crippen molar-refractivity contribution in [1.29, 1.82) is 0 Å². The molecule has 0 N–H and O–H groups in total. The van der Waals surface area contributed by atoms with Crippen LogP contribution in [0.1, 0.15) is 40.0 Å². The Kier molecular flexibility index (Phi) is 3.37. The third kappa shape index (κ3) is 2.77. The summed E-state index contributed by atoms with van der Waals surface area (Å²) in [6, 6.07) is 0. The van der Waals surface area contributed by atoms with Gasteiger partial charge in [0.25, 0.3) is 0 Å². The smallest absolute Gasteiger partial charge is 0.141 e. The Bertz CT molecular complexity index is 396. The number of hydrogen-bond donors (Lipinski definition) is 0. The van der Waals surface area contributed by atoms with Crippen LogP contribution in [0.4, 0.5) is 0 Å². The second kappa shape index (κ2) is 4.64. The highest BCUT2D eigenvalue weighted by atomic mass is 16.1. The number of allylic oxidation sites excluding steroid dienone is 6. The highest BCUT2D eigenvalue weighted by Crippen LogP contribution is 2.40. The monoisotopic (exact) mass is 230 g/mol. The van der Waals surface area contributed by atoms with Crippen LogP contribution in [-0.2, 0) is 4.79 Å². The van der Waals surface area contributed by atoms with Crippen LogP contribution in [0, 0.1) is 17.3 Å². The van der Waals surface area contributed by atoms with E-state index < -0.39 is 0 Å². The van der Waals surface area contributed by atoms with E-state index in [0.29, 0.717) is 11.7 Å². The Morgan fingerprint density at radius 2 is 2.12 bits per heavy atom. The van der Waals surface area contributed by atoms with E-state index in [1.54, 1.807) is 0 Å². The molecule has 0 heterocycles. The van der Waals surface area contributed by atoms with Crippen molar-refractivity contribution < 1.29 is 4.79 Å². The molecule has 0 aromatic heterocycles. The fourth-order valence-electron chi connectivity index (χ4n) is 2.71. The lowest BCUT2D eigenvalue weighted by molar-refractivity contribution is -0.127. The van der Waals surface area contributed by atoms with Crippen molar-refractivity contribution in [2.45, 2.75) is 40.0 Å². The Morgan fingerprint density at radius 3 is 2.76 bits per heavy atom. The average molecular weight is 230 g/mol. The average Bonchev–Trinajstić information content (AvgIpc) is 2.44. The molecule has 0 bridgehead atoms. The van der Waals surface area contributed by atoms with Gasteiger partial charge in [-0.25, -0.2) is 0 Å². The summed E-state index contributed by atoms with van der Waals surface area (Å²) < 4.78 is 0. The van der Waals surface area contributed by atoms with Gasteiger partial charge in [-0.05, 0) is 30.8 Å². The molecule has 0 aliphatic heterocycles. The normalized spacial score (nSPS) is 31.5. The van der Waals surface area contributed by atoms with Crippen molar-refractivity contribution in [2.24, 2.45) is 17.3 Å². The molecule has 2 rings (SSSR count). The van der Waals surface area contributed by atoms with Crippen molar-refractivity contribution in [3.05, 3.63) is 36.0 Å². The molecule has 2 unspecified atom stereocenters. The van der Waals surface area contributed by atoms with Crippen LogP contribution in [0.5, 0.6) is 0 Å². The second-order valence-corrected chi connectivity index (χ2v) is 6.03. The summed E-state index contributed by atoms with van der Waals surface area (Å²) in [7, 11) is 0. The van der Waals surface area contributed by atoms with Crippen LogP contribution in [-0.4, -0.2) is 5.78 Å². The van der Waals surface area contributed by atoms with Gasteiger partial charge >= 0.3 is 0 Å². The zero-order valence-corrected chi connectivity index (χ0v) is 11.1. The fourth-order valence-corrected chi connectivity index (χ4v) is 2.71. The van der Waals surface area contributed by atoms with E-state index in [1.807, 2.05) is 0 Å². The Labute approximate surface area is 104 Å². The molecule has 0 saturated heterocycles. The van der Waals surface area contributed by atoms with Crippen molar-refractivity contribution in [3.8, 4) is 0 Å². The van der Waals surface area contributed by atoms with E-state index in [9.17, 15) is 4.79 Å². The molecule has 0 spiro atoms. The fraction of sp³-hybridized carbons (Fsp3) is 0.562. The van der Waals surface area contributed by atoms with Gasteiger partial charge in [0, 0.05) is 11.3 Å². The number of Topliss-reactive ketones (excluding diaryl/α,β-unsaturated/α-hetero) is 1. The van der Waals surface area contributed by atoms with Gasteiger partial charge in [0.1, 0.15) is 5.78 Å². The van der Waals surface area contributed by atoms with Crippen LogP contribution < -0.4 is 0 Å². The zero-order chi connectivity index (χ0) is 12.5. The summed E-state index contributed by atoms with van der Waals surface area (Å²) in [6.45, 7) is 6.33. The van der Waals surface area contributed by atoms with E-state index in [0.717, 1.165) is 19.3 Å². The van der Waals surface area contributed by atoms with Crippen molar-refractivity contribution in [3.63, 3.8) is 0 Å². The molecule has 1 nitrogen and oxygen atoms in total. The molecule has 2 aliphatic carbocycles. The minimum Gasteiger partial charge on any atom is -0.299 e. The maximum Gasteiger partial charge on any atom is 0.141 e. The lowest BCUT2D eigenvalue weighted by Gasteiger charge is -2.16. The summed E-state index contributed by atoms with van der Waals surface area (Å²) in [6.07, 6.45) is 13.8. The van der Waals surface area contributed by atoms with Gasteiger partial charge in [-0.3, -0.25) is 4.79 Å². The third-order valence-corrected chi connectivity index (χ3v) is 3.98. The molecule has 0 aromatic carbocycles. The minimum absolute atomic E-state index is 0.0944. The van der Waals surface area contributed by atoms with Crippen molar-refractivity contribution >= 4 is 5.78 Å². The van der Waals surface area contributed by atoms with Crippen molar-refractivity contribution in [1.82, 2.24) is 0 Å². The molecule has 0 radical (unpaired) electrons. The Balaban J connectivity index is 2.04. The van der Waals surface area contributed by atoms with E-state index in [1.165, 1.54) is 5.57 Å². The van der Waals surface area contributed by atoms with Crippen LogP contribution >= 0.6 is 0 Å². The van der Waals surface area contributed by atoms with Gasteiger partial charge in [0.2, 0.25) is 0 Å². The van der Waals surface area contributed by atoms with Gasteiger partial charge < -0.3 is 0 Å². The minimum atomic E-state index is -0.0944. The number of carbonyl (C=O) groups is 1. The summed E-state index contributed by atoms with van der Waals surface area (Å²) >= 11 is 0. The van der Waals surface area contributed by atoms with E-state index in [-0.39, 0.29) is 11.3 Å². The first-order chi connectivity index (χ1) is 7.99. The van der Waals surface area contributed by atoms with Crippen LogP contribution in [0.3, 0.4) is 0 Å². The van der Waals surface area contributed by atoms with Gasteiger partial charge in [0.05, 0.1) is 0 Å². The van der Waals surface area contributed by atoms with Gasteiger partial charge in [0.15, 0.2) is 0 Å². The third-order valence-electron chi connectivity index (χ3n) is 3.98. The first kappa shape index (κ1) is 12.3. The summed E-state index contributed by atoms with van der Waals surface area (Å²) in [4.78, 5) is 12.2. The van der Waals surface area contributed by atoms with Crippen LogP contribution in [0.25, 0.3) is 0 Å². The first-order valence-electron chi connectivity index (χ1n) is 6.59. The standard InChI is InChI=1S/C16H22O/c1-12-5-4-6-13(8-7-12)11-14-9-10-16(2,3)15(14)17/h4-8,12,14H,9-11H2,1-3H3. The number of ketones is 1. The van der Waals surface area contributed by atoms with E-state index in [4.69, 9.17) is 0 Å². The SMILES string of the molecule is CC1C=CC=C(CC2CCC(C)(C)C2=O)C=C1. The molecule has 0 amide bonds. The molecule has 1 heteroatoms. The second-order valence-electron chi connectivity index (χ2n) is 6.03. The largest absolute Gasteiger partial charge is 0.299 e. The molecule has 2 aliphatic rings. The van der Waals surface area contributed by atoms with Gasteiger partial charge in [-0.1, -0.05) is 51.2 Å². The number of hydrogen-bond acceptors (Lipinski definition) is 1. The number of carbonyl (C=O) groups excluding carboxylic acids is 1. The van der Waals surface area contributed by atoms with Gasteiger partial charge in [-0.2, -0.15) is 0 Å². The maximum absolute atomic E-state index is 12.2. The predicted molar refractivity (Wildman–Crippen MR) is 71.7 cm³/mol. The number of rotatable bonds is 2. The quantitative estimate of drug-likeness (QED) is 0.699. The maximum atomic E-state index is 12.2. The highest BCUT2D eigenvalue weighted by molar-refractivity contribution is 5.88. The molecule has 1 saturated carbocycles. The summed E-state index contributed by atoms with van der Waals surface area (Å²) in [5.74, 6) is 1.19. The molecular formula is C16H22O. The summed E-state index contributed by atoms with van der Waals surface area (Å²) in [5.41, 5.74) is 1.20. The molecule has 1 fully saturated rings. The predicted octanol–water partition coefficient (Wildman–Crippen LogP) is 4.07. The Morgan fingerprint density at radius 1 is 1.35 bits per heavy atom. The highest BCUT2D eigenvalue weighted by Gasteiger charge is 2.40. The topological polar surface area (TPSA) is 17.1 Å². The molecule has 17 heavy (non-hydrogen) atoms. The van der Waals surface area contributed by atoms with Crippen molar-refractivity contribution in [2.75, 3.05) is 0 Å². The zero-order valence-electron chi connectivity index (χ0n) is 11.1. The lowest BCUT2D eigenvalue weighted by atomic mass is 9.87. The van der Waals surface area contributed by atoms with E-state index >= 15 is 0 Å². The Hall–Kier alpha value is -1.11. The van der Waals surface area contributed by atoms with Crippen LogP contribution in [0.15, 0.2) is 36.0 Å². The van der Waals surface area contributed by atoms with E-state index in [2.05, 4.69) is 51.2 Å². The molecule has 0 aromatic rings. The summed E-state index contributed by atoms with van der Waals surface area (Å²) in [5, 5.41) is 0. The molecule has 2 atom stereocenters. The molecular weight excluding hydrogens is 208 g/mol. The van der Waals surface area contributed by atoms with Crippen LogP contribution in [0.2, 0.25) is 0 Å². The lowest BCUT2D eigenvalue weighted by Crippen LogP contribution is -2.21. The molecule has 92 valence electrons. The van der Waals surface area contributed by atoms with Gasteiger partial charge in [-0.15, -0.1) is 0 Å².